The summed E-state index contributed by atoms with van der Waals surface area (Å²) in [5.41, 5.74) is 7.40. The van der Waals surface area contributed by atoms with Gasteiger partial charge >= 0.3 is 0 Å². The van der Waals surface area contributed by atoms with E-state index < -0.39 is 0 Å². The molecule has 2 atom stereocenters. The molecule has 23 heavy (non-hydrogen) atoms. The number of nitrogens with zero attached hydrogens (tertiary/aromatic N) is 1. The highest BCUT2D eigenvalue weighted by molar-refractivity contribution is 5.88. The van der Waals surface area contributed by atoms with Crippen LogP contribution in [0.2, 0.25) is 0 Å². The van der Waals surface area contributed by atoms with Gasteiger partial charge in [0.15, 0.2) is 0 Å². The van der Waals surface area contributed by atoms with Crippen LogP contribution in [0.15, 0.2) is 28.9 Å². The Morgan fingerprint density at radius 1 is 1.48 bits per heavy atom. The second kappa shape index (κ2) is 7.23. The third-order valence-electron chi connectivity index (χ3n) is 4.52. The van der Waals surface area contributed by atoms with E-state index in [1.54, 1.807) is 13.4 Å². The molecule has 2 heterocycles. The monoisotopic (exact) mass is 338 g/mol. The van der Waals surface area contributed by atoms with Gasteiger partial charge in [-0.2, -0.15) is 0 Å². The molecule has 0 bridgehead atoms. The Kier molecular flexibility index (Phi) is 5.55. The summed E-state index contributed by atoms with van der Waals surface area (Å²) in [6.07, 6.45) is 3.02. The summed E-state index contributed by atoms with van der Waals surface area (Å²) in [5, 5.41) is 0.969. The maximum Gasteiger partial charge on any atom is 0.227 e. The number of ether oxygens (including phenoxy) is 1. The number of nitrogens with two attached hydrogens (primary N) is 1. The molecule has 2 N–H and O–H groups in total. The van der Waals surface area contributed by atoms with Crippen LogP contribution in [0.4, 0.5) is 0 Å². The molecular weight excluding hydrogens is 316 g/mol. The quantitative estimate of drug-likeness (QED) is 0.930. The van der Waals surface area contributed by atoms with Crippen LogP contribution < -0.4 is 10.5 Å². The van der Waals surface area contributed by atoms with Gasteiger partial charge in [0.25, 0.3) is 0 Å². The van der Waals surface area contributed by atoms with Crippen LogP contribution in [0.1, 0.15) is 18.9 Å². The molecule has 6 heteroatoms. The van der Waals surface area contributed by atoms with Crippen LogP contribution in [0.3, 0.4) is 0 Å². The molecule has 3 rings (SSSR count). The fourth-order valence-corrected chi connectivity index (χ4v) is 3.25. The Labute approximate surface area is 142 Å². The number of rotatable bonds is 4. The molecule has 2 aromatic rings. The number of methoxy groups -OCH3 is 1. The first-order valence-electron chi connectivity index (χ1n) is 7.66. The number of benzene rings is 1. The van der Waals surface area contributed by atoms with Crippen LogP contribution in [0.5, 0.6) is 5.75 Å². The van der Waals surface area contributed by atoms with Crippen LogP contribution >= 0.6 is 12.4 Å². The van der Waals surface area contributed by atoms with Crippen molar-refractivity contribution in [2.24, 2.45) is 11.7 Å². The average Bonchev–Trinajstić information content (AvgIpc) is 3.10. The maximum atomic E-state index is 12.6. The number of furan rings is 1. The number of fused-ring (bicyclic) bond motifs is 1. The first-order chi connectivity index (χ1) is 10.6. The molecule has 1 aliphatic heterocycles. The molecule has 126 valence electrons. The molecule has 0 aliphatic carbocycles. The summed E-state index contributed by atoms with van der Waals surface area (Å²) < 4.78 is 10.7. The lowest BCUT2D eigenvalue weighted by Gasteiger charge is -2.21. The summed E-state index contributed by atoms with van der Waals surface area (Å²) in [7, 11) is 1.62. The predicted molar refractivity (Wildman–Crippen MR) is 92.1 cm³/mol. The molecule has 1 aromatic heterocycles. The van der Waals surface area contributed by atoms with Crippen LogP contribution in [-0.2, 0) is 11.2 Å². The number of carbonyl (C=O) groups excluding carboxylic acids is 1. The zero-order chi connectivity index (χ0) is 15.7. The molecule has 0 saturated carbocycles. The molecule has 1 fully saturated rings. The van der Waals surface area contributed by atoms with Crippen molar-refractivity contribution in [1.82, 2.24) is 4.90 Å². The molecule has 0 radical (unpaired) electrons. The molecule has 1 aliphatic rings. The topological polar surface area (TPSA) is 68.7 Å². The first kappa shape index (κ1) is 17.6. The van der Waals surface area contributed by atoms with Crippen molar-refractivity contribution in [2.45, 2.75) is 25.8 Å². The van der Waals surface area contributed by atoms with Gasteiger partial charge in [-0.05, 0) is 37.9 Å². The van der Waals surface area contributed by atoms with E-state index in [-0.39, 0.29) is 24.4 Å². The van der Waals surface area contributed by atoms with Gasteiger partial charge in [0, 0.05) is 29.6 Å². The number of hydrogen-bond acceptors (Lipinski definition) is 4. The van der Waals surface area contributed by atoms with Crippen LogP contribution in [0, 0.1) is 5.92 Å². The third-order valence-corrected chi connectivity index (χ3v) is 4.52. The fraction of sp³-hybridized carbons (Fsp3) is 0.471. The minimum Gasteiger partial charge on any atom is -0.497 e. The summed E-state index contributed by atoms with van der Waals surface area (Å²) >= 11 is 0. The van der Waals surface area contributed by atoms with E-state index >= 15 is 0 Å². The van der Waals surface area contributed by atoms with Crippen molar-refractivity contribution < 1.29 is 13.9 Å². The third kappa shape index (κ3) is 3.46. The van der Waals surface area contributed by atoms with Crippen molar-refractivity contribution in [3.8, 4) is 5.75 Å². The van der Waals surface area contributed by atoms with Gasteiger partial charge in [-0.15, -0.1) is 12.4 Å². The summed E-state index contributed by atoms with van der Waals surface area (Å²) in [6.45, 7) is 3.49. The minimum absolute atomic E-state index is 0. The lowest BCUT2D eigenvalue weighted by molar-refractivity contribution is -0.131. The van der Waals surface area contributed by atoms with Gasteiger partial charge in [-0.3, -0.25) is 4.79 Å². The Morgan fingerprint density at radius 2 is 2.26 bits per heavy atom. The highest BCUT2D eigenvalue weighted by Gasteiger charge is 2.31. The Morgan fingerprint density at radius 3 is 2.91 bits per heavy atom. The van der Waals surface area contributed by atoms with Crippen molar-refractivity contribution in [1.29, 1.82) is 0 Å². The molecular formula is C17H23ClN2O3. The summed E-state index contributed by atoms with van der Waals surface area (Å²) in [5.74, 6) is 1.31. The van der Waals surface area contributed by atoms with E-state index in [0.29, 0.717) is 18.9 Å². The number of amides is 1. The Balaban J connectivity index is 0.00000192. The predicted octanol–water partition coefficient (Wildman–Crippen LogP) is 2.60. The normalized spacial score (nSPS) is 20.6. The highest BCUT2D eigenvalue weighted by atomic mass is 35.5. The van der Waals surface area contributed by atoms with E-state index in [1.807, 2.05) is 23.1 Å². The van der Waals surface area contributed by atoms with Gasteiger partial charge in [0.2, 0.25) is 5.91 Å². The van der Waals surface area contributed by atoms with Gasteiger partial charge in [0.1, 0.15) is 11.3 Å². The van der Waals surface area contributed by atoms with Gasteiger partial charge in [-0.25, -0.2) is 0 Å². The second-order valence-corrected chi connectivity index (χ2v) is 6.03. The number of hydrogen-bond donors (Lipinski definition) is 1. The second-order valence-electron chi connectivity index (χ2n) is 6.03. The van der Waals surface area contributed by atoms with Crippen LogP contribution in [0.25, 0.3) is 11.0 Å². The Bertz CT molecular complexity index is 686. The summed E-state index contributed by atoms with van der Waals surface area (Å²) in [6, 6.07) is 5.93. The van der Waals surface area contributed by atoms with E-state index in [9.17, 15) is 4.79 Å². The number of carbonyl (C=O) groups is 1. The van der Waals surface area contributed by atoms with Crippen LogP contribution in [-0.4, -0.2) is 37.0 Å². The lowest BCUT2D eigenvalue weighted by Crippen LogP contribution is -2.35. The van der Waals surface area contributed by atoms with E-state index in [4.69, 9.17) is 14.9 Å². The Hall–Kier alpha value is -1.72. The minimum atomic E-state index is 0. The van der Waals surface area contributed by atoms with Gasteiger partial charge < -0.3 is 19.8 Å². The van der Waals surface area contributed by atoms with E-state index in [0.717, 1.165) is 35.2 Å². The molecule has 0 spiro atoms. The molecule has 5 nitrogen and oxygen atoms in total. The van der Waals surface area contributed by atoms with Crippen molar-refractivity contribution in [3.63, 3.8) is 0 Å². The number of likely N-dealkylation sites (tertiary alicyclic amines) is 1. The van der Waals surface area contributed by atoms with Crippen molar-refractivity contribution in [3.05, 3.63) is 30.0 Å². The van der Waals surface area contributed by atoms with Gasteiger partial charge in [-0.1, -0.05) is 0 Å². The highest BCUT2D eigenvalue weighted by Crippen LogP contribution is 2.28. The van der Waals surface area contributed by atoms with Crippen molar-refractivity contribution >= 4 is 29.3 Å². The molecule has 1 aromatic carbocycles. The number of halogens is 1. The SMILES string of the molecule is COc1ccc2c(CC(=O)N3CC(CN)CC3C)coc2c1.Cl. The first-order valence-corrected chi connectivity index (χ1v) is 7.66. The lowest BCUT2D eigenvalue weighted by atomic mass is 10.1. The fourth-order valence-electron chi connectivity index (χ4n) is 3.25. The molecule has 1 saturated heterocycles. The van der Waals surface area contributed by atoms with E-state index in [1.165, 1.54) is 0 Å². The summed E-state index contributed by atoms with van der Waals surface area (Å²) in [4.78, 5) is 14.5. The molecule has 2 unspecified atom stereocenters. The zero-order valence-corrected chi connectivity index (χ0v) is 14.3. The van der Waals surface area contributed by atoms with Gasteiger partial charge in [0.05, 0.1) is 19.8 Å². The smallest absolute Gasteiger partial charge is 0.227 e. The van der Waals surface area contributed by atoms with Crippen molar-refractivity contribution in [2.75, 3.05) is 20.2 Å². The zero-order valence-electron chi connectivity index (χ0n) is 13.5. The average molecular weight is 339 g/mol. The maximum absolute atomic E-state index is 12.6. The largest absolute Gasteiger partial charge is 0.497 e. The molecule has 1 amide bonds. The van der Waals surface area contributed by atoms with E-state index in [2.05, 4.69) is 6.92 Å². The standard InChI is InChI=1S/C17H22N2O3.ClH/c1-11-5-12(8-18)9-19(11)17(20)6-13-10-22-16-7-14(21-2)3-4-15(13)16;/h3-4,7,10-12H,5-6,8-9,18H2,1-2H3;1H.